The summed E-state index contributed by atoms with van der Waals surface area (Å²) in [6, 6.07) is 7.74. The summed E-state index contributed by atoms with van der Waals surface area (Å²) in [7, 11) is 0. The number of nitrogens with one attached hydrogen (secondary N) is 1. The number of benzene rings is 1. The van der Waals surface area contributed by atoms with Gasteiger partial charge in [0.2, 0.25) is 0 Å². The largest absolute Gasteiger partial charge is 0.492 e. The van der Waals surface area contributed by atoms with Gasteiger partial charge < -0.3 is 21.0 Å². The van der Waals surface area contributed by atoms with E-state index in [1.54, 1.807) is 12.1 Å². The predicted octanol–water partition coefficient (Wildman–Crippen LogP) is 1.86. The molecule has 1 aromatic rings. The van der Waals surface area contributed by atoms with E-state index in [1.807, 2.05) is 12.1 Å². The first-order valence-electron chi connectivity index (χ1n) is 6.89. The third-order valence-corrected chi connectivity index (χ3v) is 3.33. The molecule has 0 amide bonds. The third kappa shape index (κ3) is 4.28. The lowest BCUT2D eigenvalue weighted by Crippen LogP contribution is -2.33. The van der Waals surface area contributed by atoms with E-state index in [4.69, 9.17) is 15.7 Å². The first-order chi connectivity index (χ1) is 9.79. The van der Waals surface area contributed by atoms with Crippen molar-refractivity contribution in [3.8, 4) is 5.75 Å². The van der Waals surface area contributed by atoms with Crippen LogP contribution in [-0.4, -0.2) is 30.2 Å². The second kappa shape index (κ2) is 7.55. The molecule has 1 unspecified atom stereocenters. The van der Waals surface area contributed by atoms with Gasteiger partial charge in [-0.15, -0.1) is 0 Å². The zero-order chi connectivity index (χ0) is 14.2. The first kappa shape index (κ1) is 14.4. The standard InChI is InChI=1S/C15H21N3O2/c16-15(18-19)12-6-8-14(9-7-12)20-11-10-17-13-4-2-1-3-5-13/h1-2,6-9,13,17,19H,3-5,10-11H2,(H2,16,18). The molecule has 1 atom stereocenters. The summed E-state index contributed by atoms with van der Waals surface area (Å²) in [4.78, 5) is 0. The number of hydrogen-bond donors (Lipinski definition) is 3. The van der Waals surface area contributed by atoms with Crippen LogP contribution in [0.1, 0.15) is 24.8 Å². The second-order valence-corrected chi connectivity index (χ2v) is 4.79. The number of rotatable bonds is 6. The minimum Gasteiger partial charge on any atom is -0.492 e. The van der Waals surface area contributed by atoms with Gasteiger partial charge in [0.1, 0.15) is 12.4 Å². The molecule has 0 heterocycles. The average molecular weight is 275 g/mol. The zero-order valence-electron chi connectivity index (χ0n) is 11.5. The number of amidine groups is 1. The zero-order valence-corrected chi connectivity index (χ0v) is 11.5. The highest BCUT2D eigenvalue weighted by atomic mass is 16.5. The summed E-state index contributed by atoms with van der Waals surface area (Å²) in [5.41, 5.74) is 6.17. The Morgan fingerprint density at radius 1 is 1.35 bits per heavy atom. The highest BCUT2D eigenvalue weighted by molar-refractivity contribution is 5.97. The minimum atomic E-state index is 0.101. The van der Waals surface area contributed by atoms with Gasteiger partial charge in [-0.25, -0.2) is 0 Å². The molecular weight excluding hydrogens is 254 g/mol. The van der Waals surface area contributed by atoms with Gasteiger partial charge in [-0.1, -0.05) is 17.3 Å². The molecule has 5 nitrogen and oxygen atoms in total. The molecule has 1 aliphatic rings. The second-order valence-electron chi connectivity index (χ2n) is 4.79. The fraction of sp³-hybridized carbons (Fsp3) is 0.400. The van der Waals surface area contributed by atoms with Crippen molar-refractivity contribution >= 4 is 5.84 Å². The van der Waals surface area contributed by atoms with Crippen molar-refractivity contribution in [1.82, 2.24) is 5.32 Å². The lowest BCUT2D eigenvalue weighted by molar-refractivity contribution is 0.302. The van der Waals surface area contributed by atoms with Crippen molar-refractivity contribution in [2.75, 3.05) is 13.2 Å². The highest BCUT2D eigenvalue weighted by Crippen LogP contribution is 2.12. The van der Waals surface area contributed by atoms with Crippen LogP contribution >= 0.6 is 0 Å². The van der Waals surface area contributed by atoms with E-state index in [1.165, 1.54) is 6.42 Å². The Labute approximate surface area is 119 Å². The smallest absolute Gasteiger partial charge is 0.170 e. The SMILES string of the molecule is NC(=NO)c1ccc(OCCNC2CC=CCC2)cc1. The molecule has 1 aromatic carbocycles. The molecule has 0 aliphatic heterocycles. The van der Waals surface area contributed by atoms with Crippen molar-refractivity contribution in [2.24, 2.45) is 10.9 Å². The minimum absolute atomic E-state index is 0.101. The first-order valence-corrected chi connectivity index (χ1v) is 6.89. The molecule has 0 bridgehead atoms. The summed E-state index contributed by atoms with van der Waals surface area (Å²) >= 11 is 0. The van der Waals surface area contributed by atoms with Gasteiger partial charge in [0, 0.05) is 18.2 Å². The Kier molecular flexibility index (Phi) is 5.43. The molecule has 2 rings (SSSR count). The molecule has 0 aromatic heterocycles. The summed E-state index contributed by atoms with van der Waals surface area (Å²) in [6.45, 7) is 1.46. The van der Waals surface area contributed by atoms with Gasteiger partial charge in [-0.05, 0) is 43.5 Å². The topological polar surface area (TPSA) is 79.9 Å². The summed E-state index contributed by atoms with van der Waals surface area (Å²) in [5.74, 6) is 0.883. The van der Waals surface area contributed by atoms with Crippen LogP contribution in [-0.2, 0) is 0 Å². The monoisotopic (exact) mass is 275 g/mol. The Morgan fingerprint density at radius 2 is 2.15 bits per heavy atom. The Balaban J connectivity index is 1.70. The van der Waals surface area contributed by atoms with Crippen LogP contribution in [0.25, 0.3) is 0 Å². The van der Waals surface area contributed by atoms with E-state index in [0.717, 1.165) is 25.1 Å². The molecule has 0 saturated heterocycles. The molecule has 5 heteroatoms. The molecule has 0 fully saturated rings. The van der Waals surface area contributed by atoms with Crippen molar-refractivity contribution in [3.05, 3.63) is 42.0 Å². The van der Waals surface area contributed by atoms with E-state index >= 15 is 0 Å². The van der Waals surface area contributed by atoms with Gasteiger partial charge in [-0.3, -0.25) is 0 Å². The number of oxime groups is 1. The van der Waals surface area contributed by atoms with Crippen LogP contribution in [0.5, 0.6) is 5.75 Å². The maximum absolute atomic E-state index is 8.57. The summed E-state index contributed by atoms with van der Waals surface area (Å²) < 4.78 is 5.64. The number of ether oxygens (including phenoxy) is 1. The quantitative estimate of drug-likeness (QED) is 0.185. The lowest BCUT2D eigenvalue weighted by Gasteiger charge is -2.19. The Hall–Kier alpha value is -2.01. The van der Waals surface area contributed by atoms with Gasteiger partial charge in [-0.2, -0.15) is 0 Å². The molecule has 1 aliphatic carbocycles. The van der Waals surface area contributed by atoms with E-state index in [-0.39, 0.29) is 5.84 Å². The summed E-state index contributed by atoms with van der Waals surface area (Å²) in [5, 5.41) is 15.0. The molecule has 0 radical (unpaired) electrons. The maximum Gasteiger partial charge on any atom is 0.170 e. The fourth-order valence-electron chi connectivity index (χ4n) is 2.19. The van der Waals surface area contributed by atoms with Crippen LogP contribution in [0.3, 0.4) is 0 Å². The van der Waals surface area contributed by atoms with E-state index in [0.29, 0.717) is 18.2 Å². The van der Waals surface area contributed by atoms with Crippen molar-refractivity contribution in [3.63, 3.8) is 0 Å². The highest BCUT2D eigenvalue weighted by Gasteiger charge is 2.08. The van der Waals surface area contributed by atoms with Gasteiger partial charge in [0.15, 0.2) is 5.84 Å². The van der Waals surface area contributed by atoms with E-state index in [2.05, 4.69) is 22.6 Å². The van der Waals surface area contributed by atoms with Crippen LogP contribution in [0.4, 0.5) is 0 Å². The van der Waals surface area contributed by atoms with E-state index < -0.39 is 0 Å². The maximum atomic E-state index is 8.57. The number of nitrogens with two attached hydrogens (primary N) is 1. The van der Waals surface area contributed by atoms with Crippen LogP contribution in [0, 0.1) is 0 Å². The van der Waals surface area contributed by atoms with Crippen LogP contribution in [0.15, 0.2) is 41.6 Å². The number of hydrogen-bond acceptors (Lipinski definition) is 4. The van der Waals surface area contributed by atoms with Gasteiger partial charge in [0.05, 0.1) is 0 Å². The lowest BCUT2D eigenvalue weighted by atomic mass is 10.0. The molecule has 4 N–H and O–H groups in total. The van der Waals surface area contributed by atoms with Crippen molar-refractivity contribution < 1.29 is 9.94 Å². The number of nitrogens with zero attached hydrogens (tertiary/aromatic N) is 1. The normalized spacial score (nSPS) is 19.0. The fourth-order valence-corrected chi connectivity index (χ4v) is 2.19. The van der Waals surface area contributed by atoms with Crippen LogP contribution in [0.2, 0.25) is 0 Å². The molecule has 20 heavy (non-hydrogen) atoms. The van der Waals surface area contributed by atoms with Crippen molar-refractivity contribution in [1.29, 1.82) is 0 Å². The third-order valence-electron chi connectivity index (χ3n) is 3.33. The summed E-state index contributed by atoms with van der Waals surface area (Å²) in [6.07, 6.45) is 7.93. The average Bonchev–Trinajstić information content (AvgIpc) is 2.52. The van der Waals surface area contributed by atoms with Gasteiger partial charge >= 0.3 is 0 Å². The molecule has 0 spiro atoms. The number of allylic oxidation sites excluding steroid dienone is 1. The molecule has 0 saturated carbocycles. The van der Waals surface area contributed by atoms with Gasteiger partial charge in [0.25, 0.3) is 0 Å². The predicted molar refractivity (Wildman–Crippen MR) is 79.2 cm³/mol. The Morgan fingerprint density at radius 3 is 2.80 bits per heavy atom. The van der Waals surface area contributed by atoms with Crippen molar-refractivity contribution in [2.45, 2.75) is 25.3 Å². The van der Waals surface area contributed by atoms with Crippen LogP contribution < -0.4 is 15.8 Å². The van der Waals surface area contributed by atoms with E-state index in [9.17, 15) is 0 Å². The molecule has 108 valence electrons. The molecular formula is C15H21N3O2. The Bertz CT molecular complexity index is 469.